The highest BCUT2D eigenvalue weighted by Gasteiger charge is 2.21. The molecule has 1 rings (SSSR count). The van der Waals surface area contributed by atoms with E-state index < -0.39 is 20.6 Å². The van der Waals surface area contributed by atoms with Crippen molar-refractivity contribution >= 4 is 41.6 Å². The number of carbonyl (C=O) groups excluding carboxylic acids is 1. The summed E-state index contributed by atoms with van der Waals surface area (Å²) in [6, 6.07) is 2.81. The molecular formula is C13H17BrClNO4S. The standard InChI is InChI=1S/C13H17BrClNO4S/c1-8-10(14)5-9(6-11(8)21(15,18)19)12(17)16-7-13(2,3)20-4/h5-6H,7H2,1-4H3,(H,16,17). The van der Waals surface area contributed by atoms with Crippen LogP contribution >= 0.6 is 26.6 Å². The van der Waals surface area contributed by atoms with Gasteiger partial charge in [0.25, 0.3) is 15.0 Å². The fraction of sp³-hybridized carbons (Fsp3) is 0.462. The van der Waals surface area contributed by atoms with E-state index in [4.69, 9.17) is 15.4 Å². The average molecular weight is 399 g/mol. The molecule has 0 aromatic heterocycles. The van der Waals surface area contributed by atoms with Crippen molar-refractivity contribution in [1.29, 1.82) is 0 Å². The number of carbonyl (C=O) groups is 1. The average Bonchev–Trinajstić information content (AvgIpc) is 2.37. The van der Waals surface area contributed by atoms with E-state index in [2.05, 4.69) is 21.2 Å². The van der Waals surface area contributed by atoms with Crippen LogP contribution in [0, 0.1) is 6.92 Å². The van der Waals surface area contributed by atoms with Gasteiger partial charge in [-0.25, -0.2) is 8.42 Å². The molecule has 1 aromatic carbocycles. The largest absolute Gasteiger partial charge is 0.377 e. The van der Waals surface area contributed by atoms with Crippen LogP contribution in [0.15, 0.2) is 21.5 Å². The Morgan fingerprint density at radius 2 is 2.00 bits per heavy atom. The second-order valence-electron chi connectivity index (χ2n) is 5.17. The summed E-state index contributed by atoms with van der Waals surface area (Å²) in [5.74, 6) is -0.401. The van der Waals surface area contributed by atoms with Gasteiger partial charge in [-0.3, -0.25) is 4.79 Å². The Labute approximate surface area is 137 Å². The van der Waals surface area contributed by atoms with Gasteiger partial charge < -0.3 is 10.1 Å². The Hall–Kier alpha value is -0.630. The van der Waals surface area contributed by atoms with Crippen molar-refractivity contribution in [3.05, 3.63) is 27.7 Å². The molecule has 0 bridgehead atoms. The summed E-state index contributed by atoms with van der Waals surface area (Å²) in [5, 5.41) is 2.69. The normalized spacial score (nSPS) is 12.3. The molecule has 0 aliphatic heterocycles. The summed E-state index contributed by atoms with van der Waals surface area (Å²) in [4.78, 5) is 12.0. The fourth-order valence-electron chi connectivity index (χ4n) is 1.51. The zero-order valence-electron chi connectivity index (χ0n) is 12.2. The summed E-state index contributed by atoms with van der Waals surface area (Å²) in [5.41, 5.74) is 0.149. The van der Waals surface area contributed by atoms with Crippen LogP contribution in [0.3, 0.4) is 0 Å². The van der Waals surface area contributed by atoms with Crippen LogP contribution in [0.2, 0.25) is 0 Å². The lowest BCUT2D eigenvalue weighted by atomic mass is 10.1. The van der Waals surface area contributed by atoms with Gasteiger partial charge in [0.1, 0.15) is 0 Å². The van der Waals surface area contributed by atoms with Crippen LogP contribution in [0.5, 0.6) is 0 Å². The molecular weight excluding hydrogens is 382 g/mol. The molecule has 5 nitrogen and oxygen atoms in total. The van der Waals surface area contributed by atoms with Crippen LogP contribution in [0.1, 0.15) is 29.8 Å². The number of hydrogen-bond donors (Lipinski definition) is 1. The van der Waals surface area contributed by atoms with Gasteiger partial charge in [0.05, 0.1) is 10.5 Å². The van der Waals surface area contributed by atoms with Crippen LogP contribution in [-0.4, -0.2) is 33.6 Å². The van der Waals surface area contributed by atoms with Gasteiger partial charge in [-0.05, 0) is 38.5 Å². The predicted octanol–water partition coefficient (Wildman–Crippen LogP) is 2.84. The van der Waals surface area contributed by atoms with Gasteiger partial charge in [0, 0.05) is 34.4 Å². The molecule has 118 valence electrons. The van der Waals surface area contributed by atoms with Gasteiger partial charge in [-0.15, -0.1) is 0 Å². The van der Waals surface area contributed by atoms with Crippen molar-refractivity contribution in [2.75, 3.05) is 13.7 Å². The maximum atomic E-state index is 12.1. The third kappa shape index (κ3) is 4.95. The third-order valence-electron chi connectivity index (χ3n) is 3.05. The third-order valence-corrected chi connectivity index (χ3v) is 5.32. The van der Waals surface area contributed by atoms with Gasteiger partial charge in [0.15, 0.2) is 0 Å². The first-order valence-corrected chi connectivity index (χ1v) is 9.16. The minimum Gasteiger partial charge on any atom is -0.377 e. The number of ether oxygens (including phenoxy) is 1. The molecule has 21 heavy (non-hydrogen) atoms. The van der Waals surface area contributed by atoms with Gasteiger partial charge in [-0.2, -0.15) is 0 Å². The molecule has 0 aliphatic carbocycles. The summed E-state index contributed by atoms with van der Waals surface area (Å²) in [6.07, 6.45) is 0. The first kappa shape index (κ1) is 18.4. The Bertz CT molecular complexity index is 658. The van der Waals surface area contributed by atoms with E-state index in [1.165, 1.54) is 6.07 Å². The van der Waals surface area contributed by atoms with E-state index in [0.717, 1.165) is 0 Å². The SMILES string of the molecule is COC(C)(C)CNC(=O)c1cc(Br)c(C)c(S(=O)(=O)Cl)c1. The number of rotatable bonds is 5. The molecule has 0 unspecified atom stereocenters. The van der Waals surface area contributed by atoms with Crippen molar-refractivity contribution in [2.24, 2.45) is 0 Å². The molecule has 1 amide bonds. The Morgan fingerprint density at radius 1 is 1.43 bits per heavy atom. The minimum atomic E-state index is -3.92. The second kappa shape index (κ2) is 6.64. The zero-order valence-corrected chi connectivity index (χ0v) is 15.3. The molecule has 0 saturated carbocycles. The van der Waals surface area contributed by atoms with E-state index in [0.29, 0.717) is 10.0 Å². The van der Waals surface area contributed by atoms with Crippen molar-refractivity contribution in [3.8, 4) is 0 Å². The molecule has 1 N–H and O–H groups in total. The maximum absolute atomic E-state index is 12.1. The number of hydrogen-bond acceptors (Lipinski definition) is 4. The zero-order chi connectivity index (χ0) is 16.4. The van der Waals surface area contributed by atoms with Crippen LogP contribution < -0.4 is 5.32 Å². The number of methoxy groups -OCH3 is 1. The molecule has 0 atom stereocenters. The molecule has 0 radical (unpaired) electrons. The van der Waals surface area contributed by atoms with Crippen LogP contribution in [0.25, 0.3) is 0 Å². The lowest BCUT2D eigenvalue weighted by Gasteiger charge is -2.23. The molecule has 0 spiro atoms. The van der Waals surface area contributed by atoms with E-state index in [1.807, 2.05) is 13.8 Å². The maximum Gasteiger partial charge on any atom is 0.261 e. The van der Waals surface area contributed by atoms with Crippen molar-refractivity contribution in [3.63, 3.8) is 0 Å². The van der Waals surface area contributed by atoms with Crippen molar-refractivity contribution in [2.45, 2.75) is 31.3 Å². The van der Waals surface area contributed by atoms with E-state index in [9.17, 15) is 13.2 Å². The lowest BCUT2D eigenvalue weighted by molar-refractivity contribution is 0.0228. The number of benzene rings is 1. The second-order valence-corrected chi connectivity index (χ2v) is 8.55. The summed E-state index contributed by atoms with van der Waals surface area (Å²) in [6.45, 7) is 5.55. The monoisotopic (exact) mass is 397 g/mol. The summed E-state index contributed by atoms with van der Waals surface area (Å²) < 4.78 is 28.8. The Kier molecular flexibility index (Phi) is 5.83. The number of halogens is 2. The lowest BCUT2D eigenvalue weighted by Crippen LogP contribution is -2.39. The first-order chi connectivity index (χ1) is 9.48. The molecule has 8 heteroatoms. The smallest absolute Gasteiger partial charge is 0.261 e. The predicted molar refractivity (Wildman–Crippen MR) is 85.3 cm³/mol. The highest BCUT2D eigenvalue weighted by atomic mass is 79.9. The first-order valence-electron chi connectivity index (χ1n) is 6.06. The quantitative estimate of drug-likeness (QED) is 0.774. The highest BCUT2D eigenvalue weighted by Crippen LogP contribution is 2.28. The summed E-state index contributed by atoms with van der Waals surface area (Å²) >= 11 is 3.23. The summed E-state index contributed by atoms with van der Waals surface area (Å²) in [7, 11) is 3.01. The highest BCUT2D eigenvalue weighted by molar-refractivity contribution is 9.10. The van der Waals surface area contributed by atoms with E-state index in [-0.39, 0.29) is 17.0 Å². The van der Waals surface area contributed by atoms with E-state index in [1.54, 1.807) is 20.1 Å². The van der Waals surface area contributed by atoms with Crippen molar-refractivity contribution < 1.29 is 17.9 Å². The van der Waals surface area contributed by atoms with Crippen LogP contribution in [0.4, 0.5) is 0 Å². The van der Waals surface area contributed by atoms with E-state index >= 15 is 0 Å². The minimum absolute atomic E-state index is 0.0882. The number of nitrogens with one attached hydrogen (secondary N) is 1. The molecule has 1 aromatic rings. The van der Waals surface area contributed by atoms with Crippen LogP contribution in [-0.2, 0) is 13.8 Å². The van der Waals surface area contributed by atoms with Gasteiger partial charge in [-0.1, -0.05) is 15.9 Å². The van der Waals surface area contributed by atoms with Gasteiger partial charge in [0.2, 0.25) is 0 Å². The molecule has 0 heterocycles. The topological polar surface area (TPSA) is 72.5 Å². The Morgan fingerprint density at radius 3 is 2.48 bits per heavy atom. The van der Waals surface area contributed by atoms with Crippen molar-refractivity contribution in [1.82, 2.24) is 5.32 Å². The fourth-order valence-corrected chi connectivity index (χ4v) is 3.32. The molecule has 0 saturated heterocycles. The Balaban J connectivity index is 3.10. The number of amides is 1. The molecule has 0 aliphatic rings. The molecule has 0 fully saturated rings. The van der Waals surface area contributed by atoms with Gasteiger partial charge >= 0.3 is 0 Å².